The van der Waals surface area contributed by atoms with E-state index < -0.39 is 16.1 Å². The lowest BCUT2D eigenvalue weighted by molar-refractivity contribution is 0.265. The lowest BCUT2D eigenvalue weighted by atomic mass is 10.3. The van der Waals surface area contributed by atoms with Gasteiger partial charge < -0.3 is 10.8 Å². The van der Waals surface area contributed by atoms with Crippen molar-refractivity contribution in [3.63, 3.8) is 0 Å². The highest BCUT2D eigenvalue weighted by molar-refractivity contribution is 9.10. The van der Waals surface area contributed by atoms with Gasteiger partial charge in [-0.2, -0.15) is 0 Å². The van der Waals surface area contributed by atoms with Gasteiger partial charge in [-0.3, -0.25) is 0 Å². The average molecular weight is 309 g/mol. The number of hydrogen-bond donors (Lipinski definition) is 3. The lowest BCUT2D eigenvalue weighted by Gasteiger charge is -2.13. The first-order valence-corrected chi connectivity index (χ1v) is 6.82. The third-order valence-corrected chi connectivity index (χ3v) is 4.03. The Bertz CT molecular complexity index is 476. The first-order valence-electron chi connectivity index (χ1n) is 4.55. The largest absolute Gasteiger partial charge is 0.398 e. The number of sulfonamides is 1. The van der Waals surface area contributed by atoms with Crippen molar-refractivity contribution in [1.29, 1.82) is 0 Å². The third kappa shape index (κ3) is 3.18. The molecule has 0 aliphatic heterocycles. The fourth-order valence-electron chi connectivity index (χ4n) is 1.11. The summed E-state index contributed by atoms with van der Waals surface area (Å²) in [5, 5.41) is 8.80. The van der Waals surface area contributed by atoms with Crippen LogP contribution < -0.4 is 10.5 Å². The van der Waals surface area contributed by atoms with E-state index in [-0.39, 0.29) is 17.2 Å². The van der Waals surface area contributed by atoms with Crippen LogP contribution >= 0.6 is 15.9 Å². The third-order valence-electron chi connectivity index (χ3n) is 1.90. The molecule has 7 heteroatoms. The van der Waals surface area contributed by atoms with Crippen LogP contribution in [0.25, 0.3) is 0 Å². The lowest BCUT2D eigenvalue weighted by Crippen LogP contribution is -2.35. The number of rotatable bonds is 4. The SMILES string of the molecule is C[C@H](CO)NS(=O)(=O)c1cc(Br)ccc1N. The van der Waals surface area contributed by atoms with Crippen molar-refractivity contribution in [2.75, 3.05) is 12.3 Å². The van der Waals surface area contributed by atoms with E-state index in [1.54, 1.807) is 13.0 Å². The maximum Gasteiger partial charge on any atom is 0.242 e. The molecule has 0 amide bonds. The Morgan fingerprint density at radius 1 is 1.56 bits per heavy atom. The standard InChI is InChI=1S/C9H13BrN2O3S/c1-6(5-13)12-16(14,15)9-4-7(10)2-3-8(9)11/h2-4,6,12-13H,5,11H2,1H3/t6-/m1/s1. The van der Waals surface area contributed by atoms with E-state index in [9.17, 15) is 8.42 Å². The van der Waals surface area contributed by atoms with Crippen LogP contribution in [0, 0.1) is 0 Å². The van der Waals surface area contributed by atoms with Crippen LogP contribution in [0.15, 0.2) is 27.6 Å². The molecule has 1 atom stereocenters. The van der Waals surface area contributed by atoms with Crippen LogP contribution in [0.3, 0.4) is 0 Å². The number of aliphatic hydroxyl groups is 1. The Hall–Kier alpha value is -0.630. The molecule has 0 aliphatic rings. The predicted octanol–water partition coefficient (Wildman–Crippen LogP) is 0.690. The summed E-state index contributed by atoms with van der Waals surface area (Å²) in [7, 11) is -3.69. The number of aliphatic hydroxyl groups excluding tert-OH is 1. The summed E-state index contributed by atoms with van der Waals surface area (Å²) in [6, 6.07) is 4.02. The van der Waals surface area contributed by atoms with Crippen LogP contribution in [-0.2, 0) is 10.0 Å². The van der Waals surface area contributed by atoms with Crippen LogP contribution in [0.4, 0.5) is 5.69 Å². The number of nitrogens with two attached hydrogens (primary N) is 1. The number of hydrogen-bond acceptors (Lipinski definition) is 4. The maximum absolute atomic E-state index is 11.9. The minimum atomic E-state index is -3.69. The first-order chi connectivity index (χ1) is 7.36. The molecule has 0 aromatic heterocycles. The minimum absolute atomic E-state index is 0.00201. The van der Waals surface area contributed by atoms with Gasteiger partial charge in [0.25, 0.3) is 0 Å². The average Bonchev–Trinajstić information content (AvgIpc) is 2.20. The second-order valence-electron chi connectivity index (χ2n) is 3.39. The smallest absolute Gasteiger partial charge is 0.242 e. The van der Waals surface area contributed by atoms with E-state index in [0.29, 0.717) is 4.47 Å². The highest BCUT2D eigenvalue weighted by Crippen LogP contribution is 2.22. The van der Waals surface area contributed by atoms with Crippen LogP contribution in [0.5, 0.6) is 0 Å². The Labute approximate surface area is 103 Å². The molecule has 5 nitrogen and oxygen atoms in total. The van der Waals surface area contributed by atoms with Crippen molar-refractivity contribution < 1.29 is 13.5 Å². The molecule has 0 bridgehead atoms. The molecular formula is C9H13BrN2O3S. The van der Waals surface area contributed by atoms with Gasteiger partial charge in [-0.25, -0.2) is 13.1 Å². The summed E-state index contributed by atoms with van der Waals surface area (Å²) in [6.07, 6.45) is 0. The van der Waals surface area contributed by atoms with Crippen LogP contribution in [-0.4, -0.2) is 26.2 Å². The molecule has 0 saturated carbocycles. The molecule has 4 N–H and O–H groups in total. The molecular weight excluding hydrogens is 296 g/mol. The molecule has 1 aromatic rings. The van der Waals surface area contributed by atoms with Gasteiger partial charge >= 0.3 is 0 Å². The molecule has 1 aromatic carbocycles. The fourth-order valence-corrected chi connectivity index (χ4v) is 3.01. The van der Waals surface area contributed by atoms with E-state index in [1.807, 2.05) is 0 Å². The second-order valence-corrected chi connectivity index (χ2v) is 5.99. The molecule has 1 rings (SSSR count). The zero-order chi connectivity index (χ0) is 12.3. The van der Waals surface area contributed by atoms with Crippen LogP contribution in [0.2, 0.25) is 0 Å². The normalized spacial score (nSPS) is 13.7. The molecule has 0 aliphatic carbocycles. The Morgan fingerprint density at radius 2 is 2.19 bits per heavy atom. The number of nitrogens with one attached hydrogen (secondary N) is 1. The molecule has 0 radical (unpaired) electrons. The Balaban J connectivity index is 3.12. The van der Waals surface area contributed by atoms with E-state index in [1.165, 1.54) is 12.1 Å². The molecule has 16 heavy (non-hydrogen) atoms. The summed E-state index contributed by atoms with van der Waals surface area (Å²) in [4.78, 5) is 0.00201. The molecule has 0 spiro atoms. The summed E-state index contributed by atoms with van der Waals surface area (Å²) < 4.78 is 26.6. The molecule has 0 saturated heterocycles. The minimum Gasteiger partial charge on any atom is -0.398 e. The van der Waals surface area contributed by atoms with Gasteiger partial charge in [0.1, 0.15) is 4.90 Å². The zero-order valence-electron chi connectivity index (χ0n) is 8.64. The van der Waals surface area contributed by atoms with Crippen molar-refractivity contribution in [2.24, 2.45) is 0 Å². The van der Waals surface area contributed by atoms with Gasteiger partial charge in [0.2, 0.25) is 10.0 Å². The number of halogens is 1. The van der Waals surface area contributed by atoms with Gasteiger partial charge in [0, 0.05) is 10.5 Å². The molecule has 0 heterocycles. The summed E-state index contributed by atoms with van der Waals surface area (Å²) in [5.74, 6) is 0. The molecule has 90 valence electrons. The topological polar surface area (TPSA) is 92.4 Å². The van der Waals surface area contributed by atoms with E-state index in [4.69, 9.17) is 10.8 Å². The predicted molar refractivity (Wildman–Crippen MR) is 65.4 cm³/mol. The summed E-state index contributed by atoms with van der Waals surface area (Å²) in [6.45, 7) is 1.29. The van der Waals surface area contributed by atoms with E-state index in [0.717, 1.165) is 0 Å². The quantitative estimate of drug-likeness (QED) is 0.714. The first kappa shape index (κ1) is 13.4. The van der Waals surface area contributed by atoms with Crippen molar-refractivity contribution in [1.82, 2.24) is 4.72 Å². The second kappa shape index (κ2) is 5.13. The van der Waals surface area contributed by atoms with Gasteiger partial charge in [0.15, 0.2) is 0 Å². The van der Waals surface area contributed by atoms with Gasteiger partial charge in [-0.05, 0) is 25.1 Å². The zero-order valence-corrected chi connectivity index (χ0v) is 11.0. The van der Waals surface area contributed by atoms with Gasteiger partial charge in [-0.1, -0.05) is 15.9 Å². The molecule has 0 fully saturated rings. The number of nitrogen functional groups attached to an aromatic ring is 1. The van der Waals surface area contributed by atoms with Crippen molar-refractivity contribution in [3.05, 3.63) is 22.7 Å². The monoisotopic (exact) mass is 308 g/mol. The maximum atomic E-state index is 11.9. The van der Waals surface area contributed by atoms with Gasteiger partial charge in [-0.15, -0.1) is 0 Å². The van der Waals surface area contributed by atoms with Crippen molar-refractivity contribution in [3.8, 4) is 0 Å². The van der Waals surface area contributed by atoms with E-state index in [2.05, 4.69) is 20.7 Å². The van der Waals surface area contributed by atoms with Crippen molar-refractivity contribution >= 4 is 31.6 Å². The van der Waals surface area contributed by atoms with Gasteiger partial charge in [0.05, 0.1) is 12.3 Å². The Kier molecular flexibility index (Phi) is 4.31. The van der Waals surface area contributed by atoms with E-state index >= 15 is 0 Å². The number of benzene rings is 1. The van der Waals surface area contributed by atoms with Crippen LogP contribution in [0.1, 0.15) is 6.92 Å². The summed E-state index contributed by atoms with van der Waals surface area (Å²) >= 11 is 3.17. The molecule has 0 unspecified atom stereocenters. The fraction of sp³-hybridized carbons (Fsp3) is 0.333. The van der Waals surface area contributed by atoms with Crippen molar-refractivity contribution in [2.45, 2.75) is 17.9 Å². The Morgan fingerprint density at radius 3 is 2.75 bits per heavy atom. The number of anilines is 1. The highest BCUT2D eigenvalue weighted by atomic mass is 79.9. The summed E-state index contributed by atoms with van der Waals surface area (Å²) in [5.41, 5.74) is 5.76. The highest BCUT2D eigenvalue weighted by Gasteiger charge is 2.19.